The van der Waals surface area contributed by atoms with E-state index >= 15 is 0 Å². The first-order valence-corrected chi connectivity index (χ1v) is 8.67. The molecule has 1 saturated carbocycles. The highest BCUT2D eigenvalue weighted by Gasteiger charge is 2.44. The van der Waals surface area contributed by atoms with Crippen LogP contribution in [0.3, 0.4) is 0 Å². The van der Waals surface area contributed by atoms with Crippen LogP contribution in [0.25, 0.3) is 0 Å². The molecule has 1 aromatic rings. The van der Waals surface area contributed by atoms with E-state index < -0.39 is 0 Å². The molecule has 21 heavy (non-hydrogen) atoms. The average molecular weight is 308 g/mol. The van der Waals surface area contributed by atoms with E-state index in [0.717, 1.165) is 36.5 Å². The zero-order valence-corrected chi connectivity index (χ0v) is 12.8. The average Bonchev–Trinajstić information content (AvgIpc) is 3.28. The third-order valence-corrected chi connectivity index (χ3v) is 5.48. The van der Waals surface area contributed by atoms with Gasteiger partial charge >= 0.3 is 0 Å². The third kappa shape index (κ3) is 3.77. The maximum Gasteiger partial charge on any atom is 0.221 e. The van der Waals surface area contributed by atoms with E-state index in [2.05, 4.69) is 10.6 Å². The van der Waals surface area contributed by atoms with Crippen molar-refractivity contribution < 1.29 is 9.18 Å². The Morgan fingerprint density at radius 3 is 3.00 bits per heavy atom. The number of thioether (sulfide) groups is 1. The number of rotatable bonds is 5. The van der Waals surface area contributed by atoms with Crippen LogP contribution in [0.1, 0.15) is 24.8 Å². The maximum absolute atomic E-state index is 13.3. The molecule has 1 atom stereocenters. The van der Waals surface area contributed by atoms with Gasteiger partial charge in [0.05, 0.1) is 0 Å². The van der Waals surface area contributed by atoms with Gasteiger partial charge in [-0.1, -0.05) is 12.1 Å². The second-order valence-corrected chi connectivity index (χ2v) is 7.15. The molecule has 2 fully saturated rings. The van der Waals surface area contributed by atoms with E-state index in [-0.39, 0.29) is 23.2 Å². The molecule has 0 radical (unpaired) electrons. The Morgan fingerprint density at radius 1 is 1.48 bits per heavy atom. The lowest BCUT2D eigenvalue weighted by atomic mass is 9.96. The molecule has 0 bridgehead atoms. The van der Waals surface area contributed by atoms with Gasteiger partial charge in [-0.3, -0.25) is 4.79 Å². The molecular formula is C16H21FN2OS. The van der Waals surface area contributed by atoms with Crippen LogP contribution in [0.15, 0.2) is 24.3 Å². The van der Waals surface area contributed by atoms with Gasteiger partial charge in [0.15, 0.2) is 0 Å². The van der Waals surface area contributed by atoms with Gasteiger partial charge < -0.3 is 10.6 Å². The van der Waals surface area contributed by atoms with Gasteiger partial charge in [-0.15, -0.1) is 0 Å². The first-order valence-electron chi connectivity index (χ1n) is 7.52. The fourth-order valence-corrected chi connectivity index (χ4v) is 3.80. The molecular weight excluding hydrogens is 287 g/mol. The maximum atomic E-state index is 13.3. The van der Waals surface area contributed by atoms with Gasteiger partial charge in [0.2, 0.25) is 5.91 Å². The quantitative estimate of drug-likeness (QED) is 0.875. The van der Waals surface area contributed by atoms with Gasteiger partial charge in [0, 0.05) is 42.5 Å². The summed E-state index contributed by atoms with van der Waals surface area (Å²) in [6.07, 6.45) is 2.58. The SMILES string of the molecule is O=C(CC1CSCCN1)NCC1(c2cccc(F)c2)CC1. The van der Waals surface area contributed by atoms with Crippen molar-refractivity contribution in [3.63, 3.8) is 0 Å². The second kappa shape index (κ2) is 6.36. The summed E-state index contributed by atoms with van der Waals surface area (Å²) in [5.41, 5.74) is 0.973. The highest BCUT2D eigenvalue weighted by molar-refractivity contribution is 7.99. The fourth-order valence-electron chi connectivity index (χ4n) is 2.85. The molecule has 1 saturated heterocycles. The molecule has 3 nitrogen and oxygen atoms in total. The molecule has 1 aromatic carbocycles. The topological polar surface area (TPSA) is 41.1 Å². The first-order chi connectivity index (χ1) is 10.2. The lowest BCUT2D eigenvalue weighted by Crippen LogP contribution is -2.42. The molecule has 3 rings (SSSR count). The molecule has 1 aliphatic carbocycles. The number of amides is 1. The number of hydrogen-bond acceptors (Lipinski definition) is 3. The van der Waals surface area contributed by atoms with Crippen molar-refractivity contribution in [3.05, 3.63) is 35.6 Å². The molecule has 2 N–H and O–H groups in total. The zero-order valence-electron chi connectivity index (χ0n) is 12.0. The molecule has 1 heterocycles. The van der Waals surface area contributed by atoms with E-state index in [1.807, 2.05) is 17.8 Å². The van der Waals surface area contributed by atoms with Crippen molar-refractivity contribution in [1.82, 2.24) is 10.6 Å². The summed E-state index contributed by atoms with van der Waals surface area (Å²) in [6.45, 7) is 1.60. The number of halogens is 1. The first kappa shape index (κ1) is 14.9. The Morgan fingerprint density at radius 2 is 2.33 bits per heavy atom. The van der Waals surface area contributed by atoms with Gasteiger partial charge in [-0.2, -0.15) is 11.8 Å². The molecule has 1 amide bonds. The lowest BCUT2D eigenvalue weighted by Gasteiger charge is -2.23. The second-order valence-electron chi connectivity index (χ2n) is 6.00. The van der Waals surface area contributed by atoms with Crippen LogP contribution in [0.5, 0.6) is 0 Å². The normalized spacial score (nSPS) is 23.6. The van der Waals surface area contributed by atoms with Crippen LogP contribution >= 0.6 is 11.8 Å². The predicted octanol–water partition coefficient (Wildman–Crippen LogP) is 2.07. The summed E-state index contributed by atoms with van der Waals surface area (Å²) in [7, 11) is 0. The van der Waals surface area contributed by atoms with Crippen LogP contribution in [0, 0.1) is 5.82 Å². The number of nitrogens with one attached hydrogen (secondary N) is 2. The molecule has 5 heteroatoms. The van der Waals surface area contributed by atoms with Crippen molar-refractivity contribution in [3.8, 4) is 0 Å². The van der Waals surface area contributed by atoms with Crippen LogP contribution in [0.2, 0.25) is 0 Å². The van der Waals surface area contributed by atoms with Crippen molar-refractivity contribution in [2.45, 2.75) is 30.7 Å². The number of hydrogen-bond donors (Lipinski definition) is 2. The fraction of sp³-hybridized carbons (Fsp3) is 0.562. The summed E-state index contributed by atoms with van der Waals surface area (Å²) >= 11 is 1.90. The molecule has 1 unspecified atom stereocenters. The Kier molecular flexibility index (Phi) is 4.50. The van der Waals surface area contributed by atoms with E-state index in [0.29, 0.717) is 13.0 Å². The highest BCUT2D eigenvalue weighted by atomic mass is 32.2. The Hall–Kier alpha value is -1.07. The van der Waals surface area contributed by atoms with E-state index in [1.165, 1.54) is 6.07 Å². The summed E-state index contributed by atoms with van der Waals surface area (Å²) in [5, 5.41) is 6.41. The van der Waals surface area contributed by atoms with E-state index in [1.54, 1.807) is 12.1 Å². The molecule has 2 aliphatic rings. The van der Waals surface area contributed by atoms with Gasteiger partial charge in [-0.05, 0) is 30.5 Å². The van der Waals surface area contributed by atoms with E-state index in [4.69, 9.17) is 0 Å². The van der Waals surface area contributed by atoms with Gasteiger partial charge in [0.1, 0.15) is 5.82 Å². The number of carbonyl (C=O) groups is 1. The molecule has 1 aliphatic heterocycles. The molecule has 114 valence electrons. The Bertz CT molecular complexity index is 513. The van der Waals surface area contributed by atoms with Crippen molar-refractivity contribution in [2.24, 2.45) is 0 Å². The minimum atomic E-state index is -0.200. The van der Waals surface area contributed by atoms with Crippen molar-refractivity contribution >= 4 is 17.7 Å². The summed E-state index contributed by atoms with van der Waals surface area (Å²) in [6, 6.07) is 7.05. The van der Waals surface area contributed by atoms with Crippen molar-refractivity contribution in [2.75, 3.05) is 24.6 Å². The van der Waals surface area contributed by atoms with Crippen LogP contribution in [-0.2, 0) is 10.2 Å². The molecule has 0 spiro atoms. The predicted molar refractivity (Wildman–Crippen MR) is 84.1 cm³/mol. The largest absolute Gasteiger partial charge is 0.355 e. The zero-order chi connectivity index (χ0) is 14.7. The van der Waals surface area contributed by atoms with Crippen LogP contribution in [-0.4, -0.2) is 36.5 Å². The van der Waals surface area contributed by atoms with Crippen LogP contribution in [0.4, 0.5) is 4.39 Å². The Balaban J connectivity index is 1.51. The lowest BCUT2D eigenvalue weighted by molar-refractivity contribution is -0.121. The minimum Gasteiger partial charge on any atom is -0.355 e. The summed E-state index contributed by atoms with van der Waals surface area (Å²) in [5.74, 6) is 2.02. The van der Waals surface area contributed by atoms with Gasteiger partial charge in [-0.25, -0.2) is 4.39 Å². The standard InChI is InChI=1S/C16H21FN2OS/c17-13-3-1-2-12(8-13)16(4-5-16)11-19-15(20)9-14-10-21-7-6-18-14/h1-3,8,14,18H,4-7,9-11H2,(H,19,20). The van der Waals surface area contributed by atoms with Crippen LogP contribution < -0.4 is 10.6 Å². The Labute approximate surface area is 129 Å². The monoisotopic (exact) mass is 308 g/mol. The summed E-state index contributed by atoms with van der Waals surface area (Å²) in [4.78, 5) is 12.0. The number of carbonyl (C=O) groups excluding carboxylic acids is 1. The smallest absolute Gasteiger partial charge is 0.221 e. The minimum absolute atomic E-state index is 0.0352. The molecule has 0 aromatic heterocycles. The number of benzene rings is 1. The van der Waals surface area contributed by atoms with Gasteiger partial charge in [0.25, 0.3) is 0 Å². The van der Waals surface area contributed by atoms with E-state index in [9.17, 15) is 9.18 Å². The highest BCUT2D eigenvalue weighted by Crippen LogP contribution is 2.47. The third-order valence-electron chi connectivity index (χ3n) is 4.34. The summed E-state index contributed by atoms with van der Waals surface area (Å²) < 4.78 is 13.3. The van der Waals surface area contributed by atoms with Crippen molar-refractivity contribution in [1.29, 1.82) is 0 Å².